The van der Waals surface area contributed by atoms with Crippen molar-refractivity contribution < 1.29 is 0 Å². The summed E-state index contributed by atoms with van der Waals surface area (Å²) in [5, 5.41) is 1.12. The molecule has 4 heteroatoms. The molecule has 3 rings (SSSR count). The Balaban J connectivity index is 1.81. The topological polar surface area (TPSA) is 3.24 Å². The van der Waals surface area contributed by atoms with Gasteiger partial charge in [0.15, 0.2) is 0 Å². The van der Waals surface area contributed by atoms with E-state index in [1.165, 1.54) is 46.8 Å². The van der Waals surface area contributed by atoms with Crippen molar-refractivity contribution in [2.75, 3.05) is 16.8 Å². The van der Waals surface area contributed by atoms with E-state index in [0.717, 1.165) is 16.3 Å². The van der Waals surface area contributed by atoms with Crippen molar-refractivity contribution >= 4 is 55.0 Å². The molecule has 0 aliphatic carbocycles. The number of benzene rings is 2. The maximum atomic E-state index is 3.60. The molecule has 116 valence electrons. The molecule has 2 aromatic carbocycles. The van der Waals surface area contributed by atoms with Crippen molar-refractivity contribution in [2.24, 2.45) is 0 Å². The van der Waals surface area contributed by atoms with Gasteiger partial charge in [-0.2, -0.15) is 0 Å². The van der Waals surface area contributed by atoms with Gasteiger partial charge in [0.05, 0.1) is 11.4 Å². The maximum Gasteiger partial charge on any atom is 0.0553 e. The van der Waals surface area contributed by atoms with E-state index in [0.29, 0.717) is 0 Å². The Labute approximate surface area is 153 Å². The Morgan fingerprint density at radius 1 is 0.864 bits per heavy atom. The Kier molecular flexibility index (Phi) is 5.89. The molecule has 0 spiro atoms. The van der Waals surface area contributed by atoms with Gasteiger partial charge in [-0.3, -0.25) is 0 Å². The van der Waals surface area contributed by atoms with Crippen LogP contribution in [0.2, 0.25) is 0 Å². The number of rotatable bonds is 6. The highest BCUT2D eigenvalue weighted by atomic mass is 79.9. The fourth-order valence-corrected chi connectivity index (χ4v) is 4.81. The standard InChI is InChI=1S/C18H19Br2NS/c19-11-5-1-2-6-12-21-15-7-3-4-8-17(15)22-18-13-14(20)9-10-16(18)21/h3-4,7-10,13H,1-2,5-6,11-12H2. The summed E-state index contributed by atoms with van der Waals surface area (Å²) in [6, 6.07) is 15.3. The van der Waals surface area contributed by atoms with Crippen molar-refractivity contribution in [2.45, 2.75) is 35.5 Å². The molecule has 1 aliphatic rings. The monoisotopic (exact) mass is 439 g/mol. The Morgan fingerprint density at radius 3 is 2.50 bits per heavy atom. The number of alkyl halides is 1. The second kappa shape index (κ2) is 7.89. The van der Waals surface area contributed by atoms with E-state index in [1.807, 2.05) is 11.8 Å². The highest BCUT2D eigenvalue weighted by Gasteiger charge is 2.22. The van der Waals surface area contributed by atoms with Crippen molar-refractivity contribution in [1.82, 2.24) is 0 Å². The minimum Gasteiger partial charge on any atom is -0.340 e. The first-order valence-corrected chi connectivity index (χ1v) is 10.4. The van der Waals surface area contributed by atoms with Gasteiger partial charge in [0.2, 0.25) is 0 Å². The van der Waals surface area contributed by atoms with Crippen molar-refractivity contribution in [1.29, 1.82) is 0 Å². The van der Waals surface area contributed by atoms with Gasteiger partial charge < -0.3 is 4.90 Å². The number of halogens is 2. The Bertz CT molecular complexity index is 645. The molecule has 0 amide bonds. The molecule has 1 nitrogen and oxygen atoms in total. The summed E-state index contributed by atoms with van der Waals surface area (Å²) < 4.78 is 1.15. The van der Waals surface area contributed by atoms with E-state index >= 15 is 0 Å². The van der Waals surface area contributed by atoms with Crippen molar-refractivity contribution in [3.8, 4) is 0 Å². The first-order valence-electron chi connectivity index (χ1n) is 7.69. The first-order chi connectivity index (χ1) is 10.8. The highest BCUT2D eigenvalue weighted by Crippen LogP contribution is 2.48. The van der Waals surface area contributed by atoms with Crippen LogP contribution in [0, 0.1) is 0 Å². The van der Waals surface area contributed by atoms with E-state index in [9.17, 15) is 0 Å². The van der Waals surface area contributed by atoms with Crippen LogP contribution in [0.3, 0.4) is 0 Å². The van der Waals surface area contributed by atoms with Crippen LogP contribution in [0.4, 0.5) is 11.4 Å². The number of hydrogen-bond donors (Lipinski definition) is 0. The van der Waals surface area contributed by atoms with Crippen molar-refractivity contribution in [3.63, 3.8) is 0 Å². The number of para-hydroxylation sites is 1. The van der Waals surface area contributed by atoms with Gasteiger partial charge in [0.25, 0.3) is 0 Å². The Hall–Kier alpha value is -0.450. The number of fused-ring (bicyclic) bond motifs is 2. The molecule has 2 aromatic rings. The van der Waals surface area contributed by atoms with Gasteiger partial charge in [-0.05, 0) is 43.2 Å². The second-order valence-electron chi connectivity index (χ2n) is 5.44. The minimum absolute atomic E-state index is 1.09. The quantitative estimate of drug-likeness (QED) is 0.351. The lowest BCUT2D eigenvalue weighted by Crippen LogP contribution is -2.21. The summed E-state index contributed by atoms with van der Waals surface area (Å²) in [6.45, 7) is 1.09. The van der Waals surface area contributed by atoms with Gasteiger partial charge in [-0.25, -0.2) is 0 Å². The van der Waals surface area contributed by atoms with Gasteiger partial charge >= 0.3 is 0 Å². The third kappa shape index (κ3) is 3.72. The summed E-state index contributed by atoms with van der Waals surface area (Å²) in [4.78, 5) is 5.18. The van der Waals surface area contributed by atoms with Crippen molar-refractivity contribution in [3.05, 3.63) is 46.9 Å². The maximum absolute atomic E-state index is 3.60. The molecule has 0 saturated heterocycles. The molecular formula is C18H19Br2NS. The summed E-state index contributed by atoms with van der Waals surface area (Å²) in [7, 11) is 0. The highest BCUT2D eigenvalue weighted by molar-refractivity contribution is 9.10. The molecule has 22 heavy (non-hydrogen) atoms. The number of unbranched alkanes of at least 4 members (excludes halogenated alkanes) is 3. The summed E-state index contributed by atoms with van der Waals surface area (Å²) in [6.07, 6.45) is 5.11. The predicted octanol–water partition coefficient (Wildman–Crippen LogP) is 7.01. The van der Waals surface area contributed by atoms with Gasteiger partial charge in [-0.15, -0.1) is 0 Å². The summed E-state index contributed by atoms with van der Waals surface area (Å²) in [5.41, 5.74) is 2.69. The Morgan fingerprint density at radius 2 is 1.64 bits per heavy atom. The van der Waals surface area contributed by atoms with E-state index < -0.39 is 0 Å². The van der Waals surface area contributed by atoms with Gasteiger partial charge in [0.1, 0.15) is 0 Å². The molecule has 0 unspecified atom stereocenters. The molecule has 0 saturated carbocycles. The second-order valence-corrected chi connectivity index (χ2v) is 8.23. The third-order valence-electron chi connectivity index (χ3n) is 3.85. The molecule has 1 aliphatic heterocycles. The molecule has 0 fully saturated rings. The number of hydrogen-bond acceptors (Lipinski definition) is 2. The van der Waals surface area contributed by atoms with E-state index in [4.69, 9.17) is 0 Å². The summed E-state index contributed by atoms with van der Waals surface area (Å²) in [5.74, 6) is 0. The van der Waals surface area contributed by atoms with Crippen LogP contribution in [-0.2, 0) is 0 Å². The number of nitrogens with zero attached hydrogens (tertiary/aromatic N) is 1. The molecule has 0 radical (unpaired) electrons. The molecule has 0 N–H and O–H groups in total. The largest absolute Gasteiger partial charge is 0.340 e. The lowest BCUT2D eigenvalue weighted by molar-refractivity contribution is 0.670. The lowest BCUT2D eigenvalue weighted by Gasteiger charge is -2.33. The van der Waals surface area contributed by atoms with Gasteiger partial charge in [-0.1, -0.05) is 68.6 Å². The molecule has 0 atom stereocenters. The first kappa shape index (κ1) is 16.4. The smallest absolute Gasteiger partial charge is 0.0553 e. The van der Waals surface area contributed by atoms with Crippen LogP contribution >= 0.6 is 43.6 Å². The van der Waals surface area contributed by atoms with Crippen LogP contribution < -0.4 is 4.90 Å². The molecule has 0 aromatic heterocycles. The average molecular weight is 441 g/mol. The minimum atomic E-state index is 1.09. The van der Waals surface area contributed by atoms with Crippen LogP contribution in [0.15, 0.2) is 56.7 Å². The van der Waals surface area contributed by atoms with Crippen LogP contribution in [-0.4, -0.2) is 11.9 Å². The zero-order chi connectivity index (χ0) is 15.4. The normalized spacial score (nSPS) is 12.9. The predicted molar refractivity (Wildman–Crippen MR) is 104 cm³/mol. The van der Waals surface area contributed by atoms with E-state index in [-0.39, 0.29) is 0 Å². The molecule has 1 heterocycles. The number of anilines is 2. The van der Waals surface area contributed by atoms with E-state index in [1.54, 1.807) is 0 Å². The van der Waals surface area contributed by atoms with Crippen LogP contribution in [0.25, 0.3) is 0 Å². The molecular weight excluding hydrogens is 422 g/mol. The van der Waals surface area contributed by atoms with E-state index in [2.05, 4.69) is 79.2 Å². The summed E-state index contributed by atoms with van der Waals surface area (Å²) >= 11 is 8.97. The fourth-order valence-electron chi connectivity index (χ4n) is 2.77. The third-order valence-corrected chi connectivity index (χ3v) is 6.02. The lowest BCUT2D eigenvalue weighted by atomic mass is 10.1. The SMILES string of the molecule is BrCCCCCCN1c2ccccc2Sc2cc(Br)ccc21. The van der Waals surface area contributed by atoms with Crippen LogP contribution in [0.1, 0.15) is 25.7 Å². The average Bonchev–Trinajstić information content (AvgIpc) is 2.53. The molecule has 0 bridgehead atoms. The van der Waals surface area contributed by atoms with Gasteiger partial charge in [0, 0.05) is 26.1 Å². The fraction of sp³-hybridized carbons (Fsp3) is 0.333. The zero-order valence-electron chi connectivity index (χ0n) is 12.4. The zero-order valence-corrected chi connectivity index (χ0v) is 16.4. The van der Waals surface area contributed by atoms with Crippen LogP contribution in [0.5, 0.6) is 0 Å².